The van der Waals surface area contributed by atoms with Gasteiger partial charge in [0.2, 0.25) is 0 Å². The zero-order chi connectivity index (χ0) is 6.69. The molecule has 0 aromatic carbocycles. The van der Waals surface area contributed by atoms with Gasteiger partial charge in [-0.3, -0.25) is 0 Å². The lowest BCUT2D eigenvalue weighted by Gasteiger charge is -1.88. The molecule has 1 radical (unpaired) electrons. The van der Waals surface area contributed by atoms with E-state index in [9.17, 15) is 5.11 Å². The van der Waals surface area contributed by atoms with E-state index in [2.05, 4.69) is 10.2 Å². The van der Waals surface area contributed by atoms with Gasteiger partial charge in [-0.1, -0.05) is 11.6 Å². The monoisotopic (exact) mass is 143 g/mol. The molecule has 3 nitrogen and oxygen atoms in total. The summed E-state index contributed by atoms with van der Waals surface area (Å²) in [5.41, 5.74) is 0.416. The molecule has 0 unspecified atom stereocenters. The fourth-order valence-electron chi connectivity index (χ4n) is 0.421. The molecule has 0 spiro atoms. The van der Waals surface area contributed by atoms with Gasteiger partial charge in [0.1, 0.15) is 6.61 Å². The zero-order valence-corrected chi connectivity index (χ0v) is 5.30. The van der Waals surface area contributed by atoms with Gasteiger partial charge in [-0.15, -0.1) is 5.10 Å². The SMILES string of the molecule is [O]Cc1ccc(Cl)nn1. The van der Waals surface area contributed by atoms with Crippen LogP contribution in [0.25, 0.3) is 0 Å². The largest absolute Gasteiger partial charge is 0.230 e. The average Bonchev–Trinajstić information content (AvgIpc) is 1.90. The summed E-state index contributed by atoms with van der Waals surface area (Å²) in [6, 6.07) is 3.10. The van der Waals surface area contributed by atoms with Crippen LogP contribution in [0.2, 0.25) is 5.15 Å². The van der Waals surface area contributed by atoms with E-state index in [1.807, 2.05) is 0 Å². The second kappa shape index (κ2) is 2.75. The molecule has 1 heterocycles. The van der Waals surface area contributed by atoms with E-state index in [4.69, 9.17) is 11.6 Å². The van der Waals surface area contributed by atoms with E-state index < -0.39 is 0 Å². The van der Waals surface area contributed by atoms with E-state index >= 15 is 0 Å². The van der Waals surface area contributed by atoms with Gasteiger partial charge in [0, 0.05) is 0 Å². The summed E-state index contributed by atoms with van der Waals surface area (Å²) >= 11 is 5.39. The first kappa shape index (κ1) is 6.45. The van der Waals surface area contributed by atoms with Crippen LogP contribution in [0.1, 0.15) is 5.69 Å². The highest BCUT2D eigenvalue weighted by atomic mass is 35.5. The van der Waals surface area contributed by atoms with Crippen LogP contribution >= 0.6 is 11.6 Å². The smallest absolute Gasteiger partial charge is 0.151 e. The Balaban J connectivity index is 2.88. The third kappa shape index (κ3) is 1.62. The average molecular weight is 144 g/mol. The third-order valence-electron chi connectivity index (χ3n) is 0.835. The van der Waals surface area contributed by atoms with E-state index in [1.165, 1.54) is 0 Å². The van der Waals surface area contributed by atoms with Gasteiger partial charge in [-0.05, 0) is 12.1 Å². The third-order valence-corrected chi connectivity index (χ3v) is 1.04. The highest BCUT2D eigenvalue weighted by Crippen LogP contribution is 2.01. The standard InChI is InChI=1S/C5H4ClN2O/c6-5-2-1-4(3-9)7-8-5/h1-2H,3H2. The molecule has 0 aliphatic rings. The summed E-state index contributed by atoms with van der Waals surface area (Å²) in [4.78, 5) is 0. The maximum atomic E-state index is 10.1. The summed E-state index contributed by atoms with van der Waals surface area (Å²) in [6.07, 6.45) is 0. The quantitative estimate of drug-likeness (QED) is 0.590. The van der Waals surface area contributed by atoms with Crippen LogP contribution in [0.15, 0.2) is 12.1 Å². The number of hydrogen-bond donors (Lipinski definition) is 0. The second-order valence-corrected chi connectivity index (χ2v) is 1.88. The Hall–Kier alpha value is -0.670. The van der Waals surface area contributed by atoms with Crippen LogP contribution in [0.5, 0.6) is 0 Å². The predicted octanol–water partition coefficient (Wildman–Crippen LogP) is 1.06. The molecular formula is C5H4ClN2O. The van der Waals surface area contributed by atoms with Crippen LogP contribution in [0, 0.1) is 0 Å². The Bertz CT molecular complexity index is 187. The fourth-order valence-corrected chi connectivity index (χ4v) is 0.521. The van der Waals surface area contributed by atoms with Crippen LogP contribution in [-0.4, -0.2) is 10.2 Å². The molecule has 0 aliphatic carbocycles. The lowest BCUT2D eigenvalue weighted by Crippen LogP contribution is -1.89. The van der Waals surface area contributed by atoms with Gasteiger partial charge in [0.05, 0.1) is 5.69 Å². The lowest BCUT2D eigenvalue weighted by molar-refractivity contribution is 0.173. The minimum Gasteiger partial charge on any atom is -0.230 e. The molecule has 0 bridgehead atoms. The van der Waals surface area contributed by atoms with E-state index in [0.717, 1.165) is 0 Å². The van der Waals surface area contributed by atoms with Crippen molar-refractivity contribution in [3.63, 3.8) is 0 Å². The van der Waals surface area contributed by atoms with Gasteiger partial charge in [-0.2, -0.15) is 5.10 Å². The van der Waals surface area contributed by atoms with Crippen molar-refractivity contribution in [1.29, 1.82) is 0 Å². The molecule has 0 saturated heterocycles. The van der Waals surface area contributed by atoms with Crippen molar-refractivity contribution in [2.45, 2.75) is 6.61 Å². The molecule has 9 heavy (non-hydrogen) atoms. The molecule has 47 valence electrons. The summed E-state index contributed by atoms with van der Waals surface area (Å²) in [7, 11) is 0. The Morgan fingerprint density at radius 2 is 2.22 bits per heavy atom. The minimum atomic E-state index is -0.343. The highest BCUT2D eigenvalue weighted by Gasteiger charge is 1.91. The maximum absolute atomic E-state index is 10.1. The molecule has 1 aromatic heterocycles. The molecular weight excluding hydrogens is 140 g/mol. The highest BCUT2D eigenvalue weighted by molar-refractivity contribution is 6.29. The molecule has 4 heteroatoms. The fraction of sp³-hybridized carbons (Fsp3) is 0.200. The van der Waals surface area contributed by atoms with Crippen molar-refractivity contribution in [3.8, 4) is 0 Å². The van der Waals surface area contributed by atoms with Crippen LogP contribution in [0.3, 0.4) is 0 Å². The number of hydrogen-bond acceptors (Lipinski definition) is 2. The van der Waals surface area contributed by atoms with Crippen LogP contribution < -0.4 is 0 Å². The second-order valence-electron chi connectivity index (χ2n) is 1.49. The van der Waals surface area contributed by atoms with E-state index in [1.54, 1.807) is 12.1 Å². The van der Waals surface area contributed by atoms with Crippen LogP contribution in [0.4, 0.5) is 0 Å². The van der Waals surface area contributed by atoms with Crippen molar-refractivity contribution in [2.75, 3.05) is 0 Å². The number of aromatic nitrogens is 2. The summed E-state index contributed by atoms with van der Waals surface area (Å²) in [6.45, 7) is -0.343. The molecule has 0 atom stereocenters. The molecule has 1 aromatic rings. The normalized spacial score (nSPS) is 9.56. The van der Waals surface area contributed by atoms with Crippen molar-refractivity contribution in [1.82, 2.24) is 10.2 Å². The van der Waals surface area contributed by atoms with Crippen molar-refractivity contribution < 1.29 is 5.11 Å². The van der Waals surface area contributed by atoms with Gasteiger partial charge < -0.3 is 0 Å². The van der Waals surface area contributed by atoms with Crippen molar-refractivity contribution >= 4 is 11.6 Å². The number of rotatable bonds is 1. The van der Waals surface area contributed by atoms with Crippen molar-refractivity contribution in [3.05, 3.63) is 23.0 Å². The first-order chi connectivity index (χ1) is 4.33. The summed E-state index contributed by atoms with van der Waals surface area (Å²) in [5.74, 6) is 0. The van der Waals surface area contributed by atoms with E-state index in [0.29, 0.717) is 10.8 Å². The first-order valence-electron chi connectivity index (χ1n) is 2.39. The summed E-state index contributed by atoms with van der Waals surface area (Å²) < 4.78 is 0. The molecule has 0 amide bonds. The molecule has 0 fully saturated rings. The summed E-state index contributed by atoms with van der Waals surface area (Å²) in [5, 5.41) is 17.4. The number of nitrogens with zero attached hydrogens (tertiary/aromatic N) is 2. The zero-order valence-electron chi connectivity index (χ0n) is 4.54. The number of halogens is 1. The Morgan fingerprint density at radius 1 is 1.44 bits per heavy atom. The van der Waals surface area contributed by atoms with Gasteiger partial charge in [0.25, 0.3) is 0 Å². The maximum Gasteiger partial charge on any atom is 0.151 e. The van der Waals surface area contributed by atoms with Crippen molar-refractivity contribution in [2.24, 2.45) is 0 Å². The predicted molar refractivity (Wildman–Crippen MR) is 31.4 cm³/mol. The lowest BCUT2D eigenvalue weighted by atomic mass is 10.4. The van der Waals surface area contributed by atoms with Crippen LogP contribution in [-0.2, 0) is 11.7 Å². The molecule has 0 saturated carbocycles. The Labute approximate surface area is 57.3 Å². The van der Waals surface area contributed by atoms with Gasteiger partial charge in [0.15, 0.2) is 5.15 Å². The molecule has 0 aliphatic heterocycles. The first-order valence-corrected chi connectivity index (χ1v) is 2.77. The molecule has 1 rings (SSSR count). The topological polar surface area (TPSA) is 45.7 Å². The molecule has 0 N–H and O–H groups in total. The van der Waals surface area contributed by atoms with Gasteiger partial charge >= 0.3 is 0 Å². The van der Waals surface area contributed by atoms with E-state index in [-0.39, 0.29) is 6.61 Å². The Kier molecular flexibility index (Phi) is 1.97. The minimum absolute atomic E-state index is 0.312. The Morgan fingerprint density at radius 3 is 2.67 bits per heavy atom. The van der Waals surface area contributed by atoms with Gasteiger partial charge in [-0.25, -0.2) is 5.11 Å².